The molecule has 1 aliphatic carbocycles. The van der Waals surface area contributed by atoms with Crippen LogP contribution in [0.25, 0.3) is 0 Å². The number of likely N-dealkylation sites (tertiary alicyclic amines) is 1. The standard InChI is InChI=1S/C17H26N4O2S/c1-4-14-19-20-17(24-14)18-16(23)12-8-15(22)21(9-12)13-7-5-6-10(2)11(13)3/h10-13H,4-9H2,1-3H3,(H,18,20,23)/t10-,11-,12+,13+/m0/s1. The highest BCUT2D eigenvalue weighted by atomic mass is 32.1. The van der Waals surface area contributed by atoms with Crippen LogP contribution >= 0.6 is 11.3 Å². The van der Waals surface area contributed by atoms with Crippen molar-refractivity contribution in [3.8, 4) is 0 Å². The van der Waals surface area contributed by atoms with Crippen molar-refractivity contribution < 1.29 is 9.59 Å². The molecule has 0 spiro atoms. The van der Waals surface area contributed by atoms with E-state index >= 15 is 0 Å². The molecule has 1 aromatic heterocycles. The molecule has 132 valence electrons. The number of hydrogen-bond donors (Lipinski definition) is 1. The second-order valence-electron chi connectivity index (χ2n) is 7.13. The van der Waals surface area contributed by atoms with Crippen LogP contribution in [0.5, 0.6) is 0 Å². The monoisotopic (exact) mass is 350 g/mol. The third kappa shape index (κ3) is 3.45. The van der Waals surface area contributed by atoms with E-state index in [-0.39, 0.29) is 23.8 Å². The first-order valence-electron chi connectivity index (χ1n) is 8.92. The Balaban J connectivity index is 1.62. The summed E-state index contributed by atoms with van der Waals surface area (Å²) in [7, 11) is 0. The van der Waals surface area contributed by atoms with Crippen molar-refractivity contribution >= 4 is 28.3 Å². The summed E-state index contributed by atoms with van der Waals surface area (Å²) in [5, 5.41) is 12.3. The van der Waals surface area contributed by atoms with Gasteiger partial charge in [-0.1, -0.05) is 44.9 Å². The molecule has 1 saturated heterocycles. The molecule has 2 aliphatic rings. The number of anilines is 1. The van der Waals surface area contributed by atoms with Gasteiger partial charge in [-0.15, -0.1) is 10.2 Å². The van der Waals surface area contributed by atoms with Crippen LogP contribution in [0, 0.1) is 17.8 Å². The van der Waals surface area contributed by atoms with Gasteiger partial charge >= 0.3 is 0 Å². The maximum absolute atomic E-state index is 12.5. The van der Waals surface area contributed by atoms with E-state index < -0.39 is 0 Å². The number of carbonyl (C=O) groups excluding carboxylic acids is 2. The van der Waals surface area contributed by atoms with Crippen molar-refractivity contribution in [1.29, 1.82) is 0 Å². The normalized spacial score (nSPS) is 30.6. The average Bonchev–Trinajstić information content (AvgIpc) is 3.16. The van der Waals surface area contributed by atoms with Gasteiger partial charge in [0.1, 0.15) is 5.01 Å². The number of rotatable bonds is 4. The highest BCUT2D eigenvalue weighted by Gasteiger charge is 2.41. The lowest BCUT2D eigenvalue weighted by atomic mass is 9.77. The van der Waals surface area contributed by atoms with Gasteiger partial charge in [-0.25, -0.2) is 0 Å². The Morgan fingerprint density at radius 1 is 1.33 bits per heavy atom. The summed E-state index contributed by atoms with van der Waals surface area (Å²) in [6.45, 7) is 7.04. The van der Waals surface area contributed by atoms with Crippen molar-refractivity contribution in [2.45, 2.75) is 58.9 Å². The fraction of sp³-hybridized carbons (Fsp3) is 0.765. The Morgan fingerprint density at radius 2 is 2.12 bits per heavy atom. The van der Waals surface area contributed by atoms with Crippen LogP contribution in [-0.4, -0.2) is 39.5 Å². The smallest absolute Gasteiger partial charge is 0.231 e. The molecule has 4 atom stereocenters. The molecule has 0 bridgehead atoms. The van der Waals surface area contributed by atoms with Gasteiger partial charge in [0.15, 0.2) is 0 Å². The van der Waals surface area contributed by atoms with Crippen LogP contribution in [0.4, 0.5) is 5.13 Å². The first-order chi connectivity index (χ1) is 11.5. The van der Waals surface area contributed by atoms with Gasteiger partial charge in [0.05, 0.1) is 5.92 Å². The van der Waals surface area contributed by atoms with Crippen molar-refractivity contribution in [2.24, 2.45) is 17.8 Å². The van der Waals surface area contributed by atoms with E-state index in [9.17, 15) is 9.59 Å². The van der Waals surface area contributed by atoms with E-state index in [4.69, 9.17) is 0 Å². The maximum atomic E-state index is 12.5. The molecular weight excluding hydrogens is 324 g/mol. The van der Waals surface area contributed by atoms with Gasteiger partial charge in [-0.2, -0.15) is 0 Å². The second kappa shape index (κ2) is 7.17. The zero-order chi connectivity index (χ0) is 17.3. The lowest BCUT2D eigenvalue weighted by molar-refractivity contribution is -0.131. The summed E-state index contributed by atoms with van der Waals surface area (Å²) in [5.41, 5.74) is 0. The molecule has 0 unspecified atom stereocenters. The molecule has 1 aliphatic heterocycles. The van der Waals surface area contributed by atoms with E-state index in [1.165, 1.54) is 24.2 Å². The van der Waals surface area contributed by atoms with Gasteiger partial charge in [-0.3, -0.25) is 9.59 Å². The minimum absolute atomic E-state index is 0.110. The van der Waals surface area contributed by atoms with Crippen molar-refractivity contribution in [1.82, 2.24) is 15.1 Å². The van der Waals surface area contributed by atoms with E-state index in [0.29, 0.717) is 29.9 Å². The Labute approximate surface area is 147 Å². The summed E-state index contributed by atoms with van der Waals surface area (Å²) in [6.07, 6.45) is 4.58. The second-order valence-corrected chi connectivity index (χ2v) is 8.19. The summed E-state index contributed by atoms with van der Waals surface area (Å²) < 4.78 is 0. The van der Waals surface area contributed by atoms with Gasteiger partial charge < -0.3 is 10.2 Å². The largest absolute Gasteiger partial charge is 0.339 e. The molecule has 6 nitrogen and oxygen atoms in total. The Hall–Kier alpha value is -1.50. The van der Waals surface area contributed by atoms with Gasteiger partial charge in [0.2, 0.25) is 16.9 Å². The van der Waals surface area contributed by atoms with E-state index in [1.807, 2.05) is 11.8 Å². The number of nitrogens with one attached hydrogen (secondary N) is 1. The van der Waals surface area contributed by atoms with Crippen molar-refractivity contribution in [3.63, 3.8) is 0 Å². The molecule has 1 aromatic rings. The number of aromatic nitrogens is 2. The first kappa shape index (κ1) is 17.3. The van der Waals surface area contributed by atoms with E-state index in [1.54, 1.807) is 0 Å². The Bertz CT molecular complexity index is 617. The number of hydrogen-bond acceptors (Lipinski definition) is 5. The van der Waals surface area contributed by atoms with E-state index in [0.717, 1.165) is 17.8 Å². The molecule has 24 heavy (non-hydrogen) atoms. The third-order valence-electron chi connectivity index (χ3n) is 5.59. The fourth-order valence-electron chi connectivity index (χ4n) is 3.88. The molecule has 2 heterocycles. The molecule has 7 heteroatoms. The number of nitrogens with zero attached hydrogens (tertiary/aromatic N) is 3. The van der Waals surface area contributed by atoms with Gasteiger partial charge in [-0.05, 0) is 24.7 Å². The highest BCUT2D eigenvalue weighted by molar-refractivity contribution is 7.15. The lowest BCUT2D eigenvalue weighted by Crippen LogP contribution is -2.45. The number of aryl methyl sites for hydroxylation is 1. The number of amides is 2. The zero-order valence-electron chi connectivity index (χ0n) is 14.6. The quantitative estimate of drug-likeness (QED) is 0.906. The molecule has 2 fully saturated rings. The van der Waals surface area contributed by atoms with Crippen molar-refractivity contribution in [2.75, 3.05) is 11.9 Å². The molecule has 0 aromatic carbocycles. The van der Waals surface area contributed by atoms with Crippen LogP contribution < -0.4 is 5.32 Å². The van der Waals surface area contributed by atoms with Crippen LogP contribution in [-0.2, 0) is 16.0 Å². The van der Waals surface area contributed by atoms with E-state index in [2.05, 4.69) is 29.4 Å². The molecule has 3 rings (SSSR count). The van der Waals surface area contributed by atoms with Gasteiger partial charge in [0.25, 0.3) is 0 Å². The molecule has 1 N–H and O–H groups in total. The maximum Gasteiger partial charge on any atom is 0.231 e. The van der Waals surface area contributed by atoms with Crippen LogP contribution in [0.3, 0.4) is 0 Å². The van der Waals surface area contributed by atoms with Crippen LogP contribution in [0.15, 0.2) is 0 Å². The summed E-state index contributed by atoms with van der Waals surface area (Å²) in [4.78, 5) is 26.9. The average molecular weight is 350 g/mol. The SMILES string of the molecule is CCc1nnc(NC(=O)[C@@H]2CC(=O)N([C@@H]3CCC[C@H](C)[C@@H]3C)C2)s1. The molecular formula is C17H26N4O2S. The third-order valence-corrected chi connectivity index (χ3v) is 6.58. The molecule has 0 radical (unpaired) electrons. The van der Waals surface area contributed by atoms with Crippen LogP contribution in [0.1, 0.15) is 51.5 Å². The van der Waals surface area contributed by atoms with Crippen LogP contribution in [0.2, 0.25) is 0 Å². The topological polar surface area (TPSA) is 75.2 Å². The summed E-state index contributed by atoms with van der Waals surface area (Å²) in [6, 6.07) is 0.285. The summed E-state index contributed by atoms with van der Waals surface area (Å²) in [5.74, 6) is 0.864. The molecule has 1 saturated carbocycles. The van der Waals surface area contributed by atoms with Gasteiger partial charge in [0, 0.05) is 19.0 Å². The predicted octanol–water partition coefficient (Wildman–Crippen LogP) is 2.71. The Kier molecular flexibility index (Phi) is 5.18. The number of carbonyl (C=O) groups is 2. The predicted molar refractivity (Wildman–Crippen MR) is 93.7 cm³/mol. The molecule has 2 amide bonds. The minimum atomic E-state index is -0.282. The van der Waals surface area contributed by atoms with Crippen molar-refractivity contribution in [3.05, 3.63) is 5.01 Å². The summed E-state index contributed by atoms with van der Waals surface area (Å²) >= 11 is 1.40. The lowest BCUT2D eigenvalue weighted by Gasteiger charge is -2.40. The minimum Gasteiger partial charge on any atom is -0.339 e. The highest BCUT2D eigenvalue weighted by Crippen LogP contribution is 2.36. The zero-order valence-corrected chi connectivity index (χ0v) is 15.4. The fourth-order valence-corrected chi connectivity index (χ4v) is 4.56. The first-order valence-corrected chi connectivity index (χ1v) is 9.74. The Morgan fingerprint density at radius 3 is 2.83 bits per heavy atom.